The molecule has 0 spiro atoms. The van der Waals surface area contributed by atoms with E-state index in [0.717, 1.165) is 0 Å². The molecule has 0 heterocycles. The first-order chi connectivity index (χ1) is 7.68. The minimum Gasteiger partial charge on any atom is -0.462 e. The molecule has 17 heavy (non-hydrogen) atoms. The van der Waals surface area contributed by atoms with Gasteiger partial charge in [0, 0.05) is 12.1 Å². The molecule has 0 aromatic heterocycles. The van der Waals surface area contributed by atoms with Crippen molar-refractivity contribution in [3.05, 3.63) is 0 Å². The summed E-state index contributed by atoms with van der Waals surface area (Å²) in [5.74, 6) is 0.156. The van der Waals surface area contributed by atoms with Crippen molar-refractivity contribution < 1.29 is 9.53 Å². The highest BCUT2D eigenvalue weighted by Gasteiger charge is 2.33. The highest BCUT2D eigenvalue weighted by Crippen LogP contribution is 2.19. The standard InChI is InChI=1S/C14H29NO2/c1-9(2)13(14(16)17-12(7)8)15(10(3)4)11(5)6/h9-13H,1-8H3. The highest BCUT2D eigenvalue weighted by atomic mass is 16.5. The van der Waals surface area contributed by atoms with Gasteiger partial charge in [0.2, 0.25) is 0 Å². The van der Waals surface area contributed by atoms with Crippen LogP contribution in [0.3, 0.4) is 0 Å². The van der Waals surface area contributed by atoms with Crippen LogP contribution < -0.4 is 0 Å². The van der Waals surface area contributed by atoms with Crippen LogP contribution in [0, 0.1) is 5.92 Å². The third-order valence-corrected chi connectivity index (χ3v) is 2.74. The number of nitrogens with zero attached hydrogens (tertiary/aromatic N) is 1. The van der Waals surface area contributed by atoms with Crippen molar-refractivity contribution in [1.29, 1.82) is 0 Å². The van der Waals surface area contributed by atoms with Crippen LogP contribution in [0.4, 0.5) is 0 Å². The van der Waals surface area contributed by atoms with Gasteiger partial charge in [-0.2, -0.15) is 0 Å². The van der Waals surface area contributed by atoms with Gasteiger partial charge in [-0.05, 0) is 47.5 Å². The second-order valence-corrected chi connectivity index (χ2v) is 5.81. The van der Waals surface area contributed by atoms with E-state index in [4.69, 9.17) is 4.74 Å². The van der Waals surface area contributed by atoms with E-state index in [0.29, 0.717) is 12.1 Å². The van der Waals surface area contributed by atoms with Crippen molar-refractivity contribution in [3.8, 4) is 0 Å². The van der Waals surface area contributed by atoms with Crippen molar-refractivity contribution in [3.63, 3.8) is 0 Å². The van der Waals surface area contributed by atoms with Crippen LogP contribution in [-0.4, -0.2) is 35.1 Å². The van der Waals surface area contributed by atoms with E-state index >= 15 is 0 Å². The average Bonchev–Trinajstić information content (AvgIpc) is 2.10. The van der Waals surface area contributed by atoms with E-state index in [1.54, 1.807) is 0 Å². The van der Waals surface area contributed by atoms with Crippen LogP contribution in [0.5, 0.6) is 0 Å². The molecule has 102 valence electrons. The zero-order valence-electron chi connectivity index (χ0n) is 12.7. The first-order valence-corrected chi connectivity index (χ1v) is 6.66. The van der Waals surface area contributed by atoms with Crippen LogP contribution in [0.25, 0.3) is 0 Å². The molecule has 0 fully saturated rings. The van der Waals surface area contributed by atoms with Gasteiger partial charge in [0.25, 0.3) is 0 Å². The predicted octanol–water partition coefficient (Wildman–Crippen LogP) is 3.08. The minimum absolute atomic E-state index is 0.0510. The summed E-state index contributed by atoms with van der Waals surface area (Å²) >= 11 is 0. The Morgan fingerprint density at radius 2 is 1.29 bits per heavy atom. The molecule has 3 heteroatoms. The second kappa shape index (κ2) is 7.00. The molecule has 0 rings (SSSR count). The van der Waals surface area contributed by atoms with Crippen LogP contribution in [0.15, 0.2) is 0 Å². The first kappa shape index (κ1) is 16.4. The van der Waals surface area contributed by atoms with Crippen molar-refractivity contribution in [2.45, 2.75) is 79.6 Å². The van der Waals surface area contributed by atoms with Crippen LogP contribution in [-0.2, 0) is 9.53 Å². The van der Waals surface area contributed by atoms with Crippen LogP contribution in [0.1, 0.15) is 55.4 Å². The summed E-state index contributed by atoms with van der Waals surface area (Å²) in [6.45, 7) is 16.4. The fourth-order valence-electron chi connectivity index (χ4n) is 2.28. The van der Waals surface area contributed by atoms with Gasteiger partial charge in [-0.25, -0.2) is 0 Å². The van der Waals surface area contributed by atoms with Gasteiger partial charge >= 0.3 is 5.97 Å². The van der Waals surface area contributed by atoms with E-state index in [9.17, 15) is 4.79 Å². The molecule has 0 amide bonds. The van der Waals surface area contributed by atoms with Crippen LogP contribution >= 0.6 is 0 Å². The molecule has 0 saturated carbocycles. The molecular formula is C14H29NO2. The Hall–Kier alpha value is -0.570. The van der Waals surface area contributed by atoms with Crippen molar-refractivity contribution in [2.24, 2.45) is 5.92 Å². The summed E-state index contributed by atoms with van der Waals surface area (Å²) in [4.78, 5) is 14.4. The Bertz CT molecular complexity index is 226. The molecular weight excluding hydrogens is 214 g/mol. The largest absolute Gasteiger partial charge is 0.462 e. The van der Waals surface area contributed by atoms with Gasteiger partial charge in [-0.3, -0.25) is 9.69 Å². The number of hydrogen-bond acceptors (Lipinski definition) is 3. The van der Waals surface area contributed by atoms with E-state index in [2.05, 4.69) is 46.4 Å². The number of carbonyl (C=O) groups is 1. The molecule has 1 atom stereocenters. The fraction of sp³-hybridized carbons (Fsp3) is 0.929. The molecule has 0 bridgehead atoms. The van der Waals surface area contributed by atoms with Gasteiger partial charge in [-0.15, -0.1) is 0 Å². The fourth-order valence-corrected chi connectivity index (χ4v) is 2.28. The molecule has 0 aliphatic rings. The van der Waals surface area contributed by atoms with Crippen molar-refractivity contribution in [2.75, 3.05) is 0 Å². The molecule has 0 aliphatic carbocycles. The maximum atomic E-state index is 12.2. The number of hydrogen-bond donors (Lipinski definition) is 0. The van der Waals surface area contributed by atoms with E-state index < -0.39 is 0 Å². The number of carbonyl (C=O) groups excluding carboxylic acids is 1. The molecule has 1 unspecified atom stereocenters. The Morgan fingerprint density at radius 3 is 1.53 bits per heavy atom. The number of esters is 1. The first-order valence-electron chi connectivity index (χ1n) is 6.66. The number of rotatable bonds is 6. The van der Waals surface area contributed by atoms with Crippen molar-refractivity contribution >= 4 is 5.97 Å². The summed E-state index contributed by atoms with van der Waals surface area (Å²) in [6.07, 6.45) is -0.0510. The second-order valence-electron chi connectivity index (χ2n) is 5.81. The van der Waals surface area contributed by atoms with Crippen LogP contribution in [0.2, 0.25) is 0 Å². The predicted molar refractivity (Wildman–Crippen MR) is 72.0 cm³/mol. The maximum Gasteiger partial charge on any atom is 0.323 e. The Kier molecular flexibility index (Phi) is 6.76. The molecule has 0 saturated heterocycles. The van der Waals surface area contributed by atoms with E-state index in [-0.39, 0.29) is 24.0 Å². The molecule has 0 radical (unpaired) electrons. The SMILES string of the molecule is CC(C)OC(=O)C(C(C)C)N(C(C)C)C(C)C. The Labute approximate surface area is 107 Å². The lowest BCUT2D eigenvalue weighted by atomic mass is 9.99. The quantitative estimate of drug-likeness (QED) is 0.671. The van der Waals surface area contributed by atoms with Gasteiger partial charge in [0.1, 0.15) is 6.04 Å². The Morgan fingerprint density at radius 1 is 0.882 bits per heavy atom. The highest BCUT2D eigenvalue weighted by molar-refractivity contribution is 5.76. The van der Waals surface area contributed by atoms with Gasteiger partial charge < -0.3 is 4.74 Å². The summed E-state index contributed by atoms with van der Waals surface area (Å²) in [5.41, 5.74) is 0. The summed E-state index contributed by atoms with van der Waals surface area (Å²) in [5, 5.41) is 0. The molecule has 0 N–H and O–H groups in total. The minimum atomic E-state index is -0.155. The molecule has 0 aromatic rings. The van der Waals surface area contributed by atoms with E-state index in [1.165, 1.54) is 0 Å². The Balaban J connectivity index is 4.99. The lowest BCUT2D eigenvalue weighted by molar-refractivity contribution is -0.157. The normalized spacial score (nSPS) is 14.2. The van der Waals surface area contributed by atoms with E-state index in [1.807, 2.05) is 13.8 Å². The maximum absolute atomic E-state index is 12.2. The topological polar surface area (TPSA) is 29.5 Å². The van der Waals surface area contributed by atoms with Gasteiger partial charge in [0.05, 0.1) is 6.10 Å². The lowest BCUT2D eigenvalue weighted by Crippen LogP contribution is -2.52. The van der Waals surface area contributed by atoms with Crippen molar-refractivity contribution in [1.82, 2.24) is 4.90 Å². The third kappa shape index (κ3) is 5.07. The molecule has 0 aromatic carbocycles. The zero-order chi connectivity index (χ0) is 13.7. The summed E-state index contributed by atoms with van der Waals surface area (Å²) in [6, 6.07) is 0.515. The molecule has 3 nitrogen and oxygen atoms in total. The van der Waals surface area contributed by atoms with Gasteiger partial charge in [-0.1, -0.05) is 13.8 Å². The smallest absolute Gasteiger partial charge is 0.323 e. The number of ether oxygens (including phenoxy) is 1. The monoisotopic (exact) mass is 243 g/mol. The lowest BCUT2D eigenvalue weighted by Gasteiger charge is -2.39. The van der Waals surface area contributed by atoms with Gasteiger partial charge in [0.15, 0.2) is 0 Å². The summed E-state index contributed by atoms with van der Waals surface area (Å²) < 4.78 is 5.37. The molecule has 0 aliphatic heterocycles. The zero-order valence-corrected chi connectivity index (χ0v) is 12.7. The average molecular weight is 243 g/mol. The summed E-state index contributed by atoms with van der Waals surface area (Å²) in [7, 11) is 0. The third-order valence-electron chi connectivity index (χ3n) is 2.74.